The number of fused-ring (bicyclic) bond motifs is 1. The summed E-state index contributed by atoms with van der Waals surface area (Å²) in [5.41, 5.74) is 5.35. The van der Waals surface area contributed by atoms with Crippen LogP contribution in [0.3, 0.4) is 0 Å². The van der Waals surface area contributed by atoms with Gasteiger partial charge in [-0.25, -0.2) is 4.98 Å². The standard InChI is InChI=1S/C22H23N3O/c1-16-4-6-17(7-5-16)8-13-22(26)23-19-11-9-18(10-12-19)20-15-25-14-2-3-21(25)24-20/h4-7,9-12,15H,2-3,8,13-14H2,1H3,(H,23,26). The summed E-state index contributed by atoms with van der Waals surface area (Å²) in [6.45, 7) is 3.13. The lowest BCUT2D eigenvalue weighted by Crippen LogP contribution is -2.12. The van der Waals surface area contributed by atoms with Crippen LogP contribution >= 0.6 is 0 Å². The molecule has 1 aliphatic rings. The van der Waals surface area contributed by atoms with E-state index in [9.17, 15) is 4.79 Å². The predicted octanol–water partition coefficient (Wildman–Crippen LogP) is 4.38. The first kappa shape index (κ1) is 16.6. The third-order valence-corrected chi connectivity index (χ3v) is 4.88. The van der Waals surface area contributed by atoms with Crippen molar-refractivity contribution in [3.05, 3.63) is 71.7 Å². The van der Waals surface area contributed by atoms with Crippen molar-refractivity contribution in [2.45, 2.75) is 39.2 Å². The van der Waals surface area contributed by atoms with Gasteiger partial charge in [-0.2, -0.15) is 0 Å². The van der Waals surface area contributed by atoms with E-state index >= 15 is 0 Å². The number of rotatable bonds is 5. The average molecular weight is 345 g/mol. The van der Waals surface area contributed by atoms with Crippen LogP contribution in [0, 0.1) is 6.92 Å². The molecule has 0 spiro atoms. The molecule has 2 aromatic carbocycles. The van der Waals surface area contributed by atoms with Crippen LogP contribution < -0.4 is 5.32 Å². The SMILES string of the molecule is Cc1ccc(CCC(=O)Nc2ccc(-c3cn4c(n3)CCC4)cc2)cc1. The molecule has 0 unspecified atom stereocenters. The highest BCUT2D eigenvalue weighted by Gasteiger charge is 2.14. The summed E-state index contributed by atoms with van der Waals surface area (Å²) in [6, 6.07) is 16.3. The topological polar surface area (TPSA) is 46.9 Å². The molecule has 4 rings (SSSR count). The van der Waals surface area contributed by atoms with Crippen LogP contribution in [-0.2, 0) is 24.2 Å². The number of hydrogen-bond donors (Lipinski definition) is 1. The summed E-state index contributed by atoms with van der Waals surface area (Å²) in [6.07, 6.45) is 5.62. The summed E-state index contributed by atoms with van der Waals surface area (Å²) in [5, 5.41) is 2.98. The van der Waals surface area contributed by atoms with E-state index in [1.807, 2.05) is 24.3 Å². The number of benzene rings is 2. The largest absolute Gasteiger partial charge is 0.334 e. The summed E-state index contributed by atoms with van der Waals surface area (Å²) in [5.74, 6) is 1.22. The lowest BCUT2D eigenvalue weighted by molar-refractivity contribution is -0.116. The lowest BCUT2D eigenvalue weighted by Gasteiger charge is -2.06. The molecule has 0 fully saturated rings. The van der Waals surface area contributed by atoms with Crippen LogP contribution in [0.25, 0.3) is 11.3 Å². The Bertz CT molecular complexity index is 886. The molecule has 2 heterocycles. The van der Waals surface area contributed by atoms with E-state index in [1.54, 1.807) is 0 Å². The number of anilines is 1. The maximum atomic E-state index is 12.2. The Labute approximate surface area is 153 Å². The van der Waals surface area contributed by atoms with Crippen molar-refractivity contribution in [2.24, 2.45) is 0 Å². The minimum Gasteiger partial charge on any atom is -0.334 e. The molecule has 0 aliphatic carbocycles. The highest BCUT2D eigenvalue weighted by molar-refractivity contribution is 5.91. The summed E-state index contributed by atoms with van der Waals surface area (Å²) >= 11 is 0. The molecule has 1 aromatic heterocycles. The van der Waals surface area contributed by atoms with E-state index in [0.717, 1.165) is 36.3 Å². The van der Waals surface area contributed by atoms with Gasteiger partial charge in [0.15, 0.2) is 0 Å². The number of aryl methyl sites for hydroxylation is 4. The van der Waals surface area contributed by atoms with Gasteiger partial charge in [-0.3, -0.25) is 4.79 Å². The Morgan fingerprint density at radius 3 is 2.62 bits per heavy atom. The molecule has 0 atom stereocenters. The first-order valence-electron chi connectivity index (χ1n) is 9.19. The molecular formula is C22H23N3O. The van der Waals surface area contributed by atoms with E-state index < -0.39 is 0 Å². The molecule has 3 aromatic rings. The number of carbonyl (C=O) groups excluding carboxylic acids is 1. The van der Waals surface area contributed by atoms with E-state index in [1.165, 1.54) is 23.4 Å². The van der Waals surface area contributed by atoms with E-state index in [-0.39, 0.29) is 5.91 Å². The number of nitrogens with zero attached hydrogens (tertiary/aromatic N) is 2. The van der Waals surface area contributed by atoms with Gasteiger partial charge >= 0.3 is 0 Å². The molecule has 4 heteroatoms. The Morgan fingerprint density at radius 1 is 1.12 bits per heavy atom. The van der Waals surface area contributed by atoms with Gasteiger partial charge in [0.1, 0.15) is 5.82 Å². The Hall–Kier alpha value is -2.88. The van der Waals surface area contributed by atoms with Gasteiger partial charge in [-0.15, -0.1) is 0 Å². The molecule has 26 heavy (non-hydrogen) atoms. The van der Waals surface area contributed by atoms with Crippen molar-refractivity contribution >= 4 is 11.6 Å². The zero-order valence-electron chi connectivity index (χ0n) is 15.0. The Kier molecular flexibility index (Phi) is 4.57. The van der Waals surface area contributed by atoms with Crippen LogP contribution in [0.15, 0.2) is 54.7 Å². The minimum atomic E-state index is 0.0410. The maximum Gasteiger partial charge on any atom is 0.224 e. The molecule has 0 radical (unpaired) electrons. The smallest absolute Gasteiger partial charge is 0.224 e. The zero-order valence-corrected chi connectivity index (χ0v) is 15.0. The second-order valence-corrected chi connectivity index (χ2v) is 6.95. The highest BCUT2D eigenvalue weighted by atomic mass is 16.1. The number of aromatic nitrogens is 2. The number of carbonyl (C=O) groups is 1. The third-order valence-electron chi connectivity index (χ3n) is 4.88. The second-order valence-electron chi connectivity index (χ2n) is 6.95. The van der Waals surface area contributed by atoms with Crippen molar-refractivity contribution in [3.63, 3.8) is 0 Å². The second kappa shape index (κ2) is 7.16. The predicted molar refractivity (Wildman–Crippen MR) is 104 cm³/mol. The number of hydrogen-bond acceptors (Lipinski definition) is 2. The molecule has 132 valence electrons. The molecule has 0 bridgehead atoms. The van der Waals surface area contributed by atoms with Crippen molar-refractivity contribution in [1.29, 1.82) is 0 Å². The van der Waals surface area contributed by atoms with Gasteiger partial charge < -0.3 is 9.88 Å². The van der Waals surface area contributed by atoms with Gasteiger partial charge in [0.25, 0.3) is 0 Å². The van der Waals surface area contributed by atoms with E-state index in [0.29, 0.717) is 6.42 Å². The van der Waals surface area contributed by atoms with Crippen molar-refractivity contribution in [3.8, 4) is 11.3 Å². The monoisotopic (exact) mass is 345 g/mol. The number of imidazole rings is 1. The third kappa shape index (κ3) is 3.69. The number of nitrogens with one attached hydrogen (secondary N) is 1. The minimum absolute atomic E-state index is 0.0410. The van der Waals surface area contributed by atoms with Gasteiger partial charge in [-0.1, -0.05) is 42.0 Å². The van der Waals surface area contributed by atoms with Crippen LogP contribution in [0.4, 0.5) is 5.69 Å². The van der Waals surface area contributed by atoms with Crippen molar-refractivity contribution in [2.75, 3.05) is 5.32 Å². The van der Waals surface area contributed by atoms with Crippen LogP contribution in [0.1, 0.15) is 29.8 Å². The molecule has 4 nitrogen and oxygen atoms in total. The molecular weight excluding hydrogens is 322 g/mol. The van der Waals surface area contributed by atoms with Crippen molar-refractivity contribution in [1.82, 2.24) is 9.55 Å². The molecule has 0 saturated heterocycles. The first-order chi connectivity index (χ1) is 12.7. The summed E-state index contributed by atoms with van der Waals surface area (Å²) in [4.78, 5) is 16.9. The van der Waals surface area contributed by atoms with Gasteiger partial charge in [0.2, 0.25) is 5.91 Å². The highest BCUT2D eigenvalue weighted by Crippen LogP contribution is 2.24. The summed E-state index contributed by atoms with van der Waals surface area (Å²) in [7, 11) is 0. The van der Waals surface area contributed by atoms with Gasteiger partial charge in [0, 0.05) is 36.8 Å². The van der Waals surface area contributed by atoms with Crippen LogP contribution in [0.5, 0.6) is 0 Å². The Morgan fingerprint density at radius 2 is 1.88 bits per heavy atom. The number of amides is 1. The van der Waals surface area contributed by atoms with E-state index in [4.69, 9.17) is 4.98 Å². The normalized spacial score (nSPS) is 12.8. The molecule has 1 aliphatic heterocycles. The lowest BCUT2D eigenvalue weighted by atomic mass is 10.1. The van der Waals surface area contributed by atoms with Crippen molar-refractivity contribution < 1.29 is 4.79 Å². The molecule has 1 amide bonds. The fourth-order valence-electron chi connectivity index (χ4n) is 3.35. The van der Waals surface area contributed by atoms with E-state index in [2.05, 4.69) is 47.3 Å². The fourth-order valence-corrected chi connectivity index (χ4v) is 3.35. The maximum absolute atomic E-state index is 12.2. The van der Waals surface area contributed by atoms with Gasteiger partial charge in [0.05, 0.1) is 5.69 Å². The molecule has 0 saturated carbocycles. The quantitative estimate of drug-likeness (QED) is 0.746. The molecule has 1 N–H and O–H groups in total. The summed E-state index contributed by atoms with van der Waals surface area (Å²) < 4.78 is 2.23. The fraction of sp³-hybridized carbons (Fsp3) is 0.273. The average Bonchev–Trinajstić information content (AvgIpc) is 3.24. The Balaban J connectivity index is 1.34. The van der Waals surface area contributed by atoms with Gasteiger partial charge in [-0.05, 0) is 37.5 Å². The zero-order chi connectivity index (χ0) is 17.9. The van der Waals surface area contributed by atoms with Crippen LogP contribution in [0.2, 0.25) is 0 Å². The van der Waals surface area contributed by atoms with Crippen LogP contribution in [-0.4, -0.2) is 15.5 Å². The first-order valence-corrected chi connectivity index (χ1v) is 9.19.